The van der Waals surface area contributed by atoms with Crippen LogP contribution in [0.5, 0.6) is 0 Å². The van der Waals surface area contributed by atoms with Crippen molar-refractivity contribution < 1.29 is 4.79 Å². The number of hydrogen-bond acceptors (Lipinski definition) is 7. The number of thiazole rings is 1. The molecule has 0 spiro atoms. The van der Waals surface area contributed by atoms with E-state index in [1.54, 1.807) is 17.3 Å². The Morgan fingerprint density at radius 1 is 1.03 bits per heavy atom. The van der Waals surface area contributed by atoms with Crippen LogP contribution in [-0.4, -0.2) is 56.6 Å². The molecule has 32 heavy (non-hydrogen) atoms. The minimum Gasteiger partial charge on any atom is -0.353 e. The van der Waals surface area contributed by atoms with Crippen LogP contribution in [0.1, 0.15) is 27.2 Å². The Bertz CT molecular complexity index is 1290. The first-order valence-electron chi connectivity index (χ1n) is 10.5. The summed E-state index contributed by atoms with van der Waals surface area (Å²) >= 11 is 1.47. The molecule has 0 aliphatic carbocycles. The molecule has 1 aromatic carbocycles. The first kappa shape index (κ1) is 20.3. The van der Waals surface area contributed by atoms with Gasteiger partial charge >= 0.3 is 0 Å². The molecular weight excluding hydrogens is 424 g/mol. The summed E-state index contributed by atoms with van der Waals surface area (Å²) in [6.45, 7) is 2.52. The summed E-state index contributed by atoms with van der Waals surface area (Å²) in [4.78, 5) is 36.2. The van der Waals surface area contributed by atoms with Crippen LogP contribution in [0.4, 0.5) is 5.82 Å². The first-order valence-corrected chi connectivity index (χ1v) is 11.4. The molecule has 1 aliphatic heterocycles. The fourth-order valence-electron chi connectivity index (χ4n) is 3.94. The Kier molecular flexibility index (Phi) is 5.64. The van der Waals surface area contributed by atoms with Crippen molar-refractivity contribution in [1.82, 2.24) is 24.5 Å². The van der Waals surface area contributed by atoms with Gasteiger partial charge in [-0.15, -0.1) is 16.4 Å². The van der Waals surface area contributed by atoms with E-state index in [0.717, 1.165) is 30.1 Å². The number of anilines is 1. The average Bonchev–Trinajstić information content (AvgIpc) is 3.08. The summed E-state index contributed by atoms with van der Waals surface area (Å²) in [5.41, 5.74) is 0.964. The van der Waals surface area contributed by atoms with Crippen molar-refractivity contribution in [2.75, 3.05) is 31.1 Å². The van der Waals surface area contributed by atoms with Crippen LogP contribution in [0.25, 0.3) is 4.96 Å². The molecule has 4 aromatic rings. The van der Waals surface area contributed by atoms with Crippen LogP contribution in [0.3, 0.4) is 0 Å². The number of benzene rings is 1. The summed E-state index contributed by atoms with van der Waals surface area (Å²) in [5.74, 6) is 0.530. The van der Waals surface area contributed by atoms with Crippen molar-refractivity contribution in [3.05, 3.63) is 87.4 Å². The van der Waals surface area contributed by atoms with Crippen molar-refractivity contribution >= 4 is 28.0 Å². The molecule has 0 bridgehead atoms. The minimum absolute atomic E-state index is 0.111. The molecule has 1 saturated heterocycles. The molecule has 0 radical (unpaired) electrons. The molecule has 1 aliphatic rings. The Morgan fingerprint density at radius 3 is 2.72 bits per heavy atom. The molecule has 9 heteroatoms. The summed E-state index contributed by atoms with van der Waals surface area (Å²) in [6.07, 6.45) is 6.38. The summed E-state index contributed by atoms with van der Waals surface area (Å²) in [5, 5.41) is 8.10. The highest BCUT2D eigenvalue weighted by Gasteiger charge is 2.24. The predicted octanol–water partition coefficient (Wildman–Crippen LogP) is 2.49. The third-order valence-corrected chi connectivity index (χ3v) is 6.57. The van der Waals surface area contributed by atoms with Gasteiger partial charge in [0.15, 0.2) is 10.8 Å². The van der Waals surface area contributed by atoms with E-state index < -0.39 is 0 Å². The Balaban J connectivity index is 1.35. The van der Waals surface area contributed by atoms with Gasteiger partial charge in [-0.2, -0.15) is 5.10 Å². The molecule has 0 saturated carbocycles. The highest BCUT2D eigenvalue weighted by Crippen LogP contribution is 2.19. The third kappa shape index (κ3) is 4.11. The zero-order chi connectivity index (χ0) is 21.9. The summed E-state index contributed by atoms with van der Waals surface area (Å²) in [7, 11) is 0. The number of nitrogens with zero attached hydrogens (tertiary/aromatic N) is 6. The molecule has 3 aromatic heterocycles. The quantitative estimate of drug-likeness (QED) is 0.479. The lowest BCUT2D eigenvalue weighted by Gasteiger charge is -2.22. The largest absolute Gasteiger partial charge is 0.353 e. The van der Waals surface area contributed by atoms with Crippen molar-refractivity contribution in [3.8, 4) is 0 Å². The van der Waals surface area contributed by atoms with E-state index in [4.69, 9.17) is 0 Å². The fraction of sp³-hybridized carbons (Fsp3) is 0.261. The molecule has 0 unspecified atom stereocenters. The average molecular weight is 447 g/mol. The molecule has 8 nitrogen and oxygen atoms in total. The molecule has 0 N–H and O–H groups in total. The number of carbonyl (C=O) groups is 1. The van der Waals surface area contributed by atoms with E-state index in [1.807, 2.05) is 30.3 Å². The molecule has 4 heterocycles. The van der Waals surface area contributed by atoms with Gasteiger partial charge in [-0.1, -0.05) is 30.3 Å². The molecule has 5 rings (SSSR count). The van der Waals surface area contributed by atoms with Gasteiger partial charge in [0.25, 0.3) is 11.5 Å². The third-order valence-electron chi connectivity index (χ3n) is 5.57. The lowest BCUT2D eigenvalue weighted by Crippen LogP contribution is -2.38. The first-order chi connectivity index (χ1) is 15.7. The molecule has 1 fully saturated rings. The molecule has 162 valence electrons. The maximum absolute atomic E-state index is 13.2. The van der Waals surface area contributed by atoms with E-state index in [0.29, 0.717) is 24.6 Å². The highest BCUT2D eigenvalue weighted by atomic mass is 32.1. The van der Waals surface area contributed by atoms with Crippen molar-refractivity contribution in [2.45, 2.75) is 12.8 Å². The smallest absolute Gasteiger partial charge is 0.271 e. The van der Waals surface area contributed by atoms with Crippen LogP contribution in [0.2, 0.25) is 0 Å². The monoisotopic (exact) mass is 446 g/mol. The van der Waals surface area contributed by atoms with Crippen molar-refractivity contribution in [2.24, 2.45) is 0 Å². The fourth-order valence-corrected chi connectivity index (χ4v) is 4.91. The van der Waals surface area contributed by atoms with Crippen LogP contribution >= 0.6 is 11.3 Å². The summed E-state index contributed by atoms with van der Waals surface area (Å²) in [6, 6.07) is 13.8. The lowest BCUT2D eigenvalue weighted by molar-refractivity contribution is 0.0764. The number of amides is 1. The topological polar surface area (TPSA) is 83.7 Å². The predicted molar refractivity (Wildman–Crippen MR) is 123 cm³/mol. The summed E-state index contributed by atoms with van der Waals surface area (Å²) < 4.78 is 1.50. The molecule has 1 amide bonds. The van der Waals surface area contributed by atoms with Gasteiger partial charge in [0, 0.05) is 56.1 Å². The number of hydrogen-bond donors (Lipinski definition) is 0. The van der Waals surface area contributed by atoms with Crippen LogP contribution in [-0.2, 0) is 6.42 Å². The second-order valence-electron chi connectivity index (χ2n) is 7.70. The van der Waals surface area contributed by atoms with Gasteiger partial charge in [0.1, 0.15) is 5.56 Å². The number of fused-ring (bicyclic) bond motifs is 1. The molecule has 0 atom stereocenters. The SMILES string of the molecule is O=C(c1cnc2sc(Cc3ccccc3)cn2c1=O)N1CCCN(c2cccnn2)CC1. The van der Waals surface area contributed by atoms with E-state index in [9.17, 15) is 9.59 Å². The standard InChI is InChI=1S/C23H22N6O2S/c30-21(28-11-5-10-27(12-13-28)20-8-4-9-25-26-20)19-15-24-23-29(22(19)31)16-18(32-23)14-17-6-2-1-3-7-17/h1-4,6-9,15-16H,5,10-14H2. The number of carbonyl (C=O) groups excluding carboxylic acids is 1. The van der Waals surface area contributed by atoms with Gasteiger partial charge in [0.05, 0.1) is 0 Å². The second kappa shape index (κ2) is 8.88. The van der Waals surface area contributed by atoms with Gasteiger partial charge in [0.2, 0.25) is 0 Å². The highest BCUT2D eigenvalue weighted by molar-refractivity contribution is 7.17. The zero-order valence-corrected chi connectivity index (χ0v) is 18.2. The van der Waals surface area contributed by atoms with Gasteiger partial charge in [-0.05, 0) is 24.1 Å². The Labute approximate surface area is 188 Å². The number of rotatable bonds is 4. The molecular formula is C23H22N6O2S. The zero-order valence-electron chi connectivity index (χ0n) is 17.4. The van der Waals surface area contributed by atoms with E-state index in [-0.39, 0.29) is 17.0 Å². The maximum Gasteiger partial charge on any atom is 0.271 e. The van der Waals surface area contributed by atoms with Crippen LogP contribution < -0.4 is 10.5 Å². The van der Waals surface area contributed by atoms with E-state index in [2.05, 4.69) is 32.2 Å². The maximum atomic E-state index is 13.2. The second-order valence-corrected chi connectivity index (χ2v) is 8.80. The normalized spacial score (nSPS) is 14.5. The van der Waals surface area contributed by atoms with Gasteiger partial charge in [-0.3, -0.25) is 14.0 Å². The lowest BCUT2D eigenvalue weighted by atomic mass is 10.1. The van der Waals surface area contributed by atoms with Gasteiger partial charge in [-0.25, -0.2) is 4.98 Å². The van der Waals surface area contributed by atoms with Crippen molar-refractivity contribution in [3.63, 3.8) is 0 Å². The Hall–Kier alpha value is -3.59. The van der Waals surface area contributed by atoms with Crippen molar-refractivity contribution in [1.29, 1.82) is 0 Å². The number of aromatic nitrogens is 4. The van der Waals surface area contributed by atoms with Crippen LogP contribution in [0, 0.1) is 0 Å². The van der Waals surface area contributed by atoms with Crippen LogP contribution in [0.15, 0.2) is 65.8 Å². The minimum atomic E-state index is -0.314. The van der Waals surface area contributed by atoms with E-state index in [1.165, 1.54) is 27.5 Å². The Morgan fingerprint density at radius 2 is 1.91 bits per heavy atom. The van der Waals surface area contributed by atoms with E-state index >= 15 is 0 Å². The van der Waals surface area contributed by atoms with Gasteiger partial charge < -0.3 is 9.80 Å².